The van der Waals surface area contributed by atoms with Crippen molar-refractivity contribution < 1.29 is 4.74 Å². The molecule has 5 aromatic rings. The van der Waals surface area contributed by atoms with Crippen LogP contribution < -0.4 is 9.80 Å². The number of hydrogen-bond donors (Lipinski definition) is 0. The molecular formula is C71H78N2OSi. The number of allylic oxidation sites excluding steroid dienone is 12. The van der Waals surface area contributed by atoms with Crippen molar-refractivity contribution in [2.45, 2.75) is 133 Å². The Morgan fingerprint density at radius 3 is 2.35 bits per heavy atom. The Morgan fingerprint density at radius 1 is 0.747 bits per heavy atom. The molecule has 0 fully saturated rings. The Bertz CT molecular complexity index is 3090. The zero-order valence-corrected chi connectivity index (χ0v) is 45.9. The molecule has 3 nitrogen and oxygen atoms in total. The lowest BCUT2D eigenvalue weighted by atomic mass is 9.63. The van der Waals surface area contributed by atoms with Gasteiger partial charge in [-0.3, -0.25) is 0 Å². The molecule has 5 aromatic carbocycles. The highest BCUT2D eigenvalue weighted by atomic mass is 28.3. The first kappa shape index (κ1) is 49.5. The molecule has 0 saturated carbocycles. The quantitative estimate of drug-likeness (QED) is 0.0682. The third-order valence-corrected chi connectivity index (χ3v) is 21.2. The standard InChI is InChI=1S/C71H78N2OSi/c1-4-51-26-30-53(31-27-51)55-34-42-69-65(48-55)66-49-56(35-43-70(66)73(69)59-22-13-8-14-23-59)54-32-36-60(37-33-54)72(58-20-11-7-12-21-58)61-38-41-64-63-24-15-16-25-67(63)71(68(64)50-61,57-18-9-6-10-19-57)44-17-46-75(3)47-45-74-62-39-28-52(5-2)29-40-62/h4-5,8-9,13-16,18,20,22-27,30-33,36-39,41-42,49-50,52,55,57,65,75H,1-2,6-7,10-12,17,19,21,28-29,34-35,40,43-48H2,3H3. The summed E-state index contributed by atoms with van der Waals surface area (Å²) >= 11 is 0. The minimum atomic E-state index is -0.962. The van der Waals surface area contributed by atoms with Gasteiger partial charge in [0.25, 0.3) is 0 Å². The van der Waals surface area contributed by atoms with Crippen LogP contribution in [0.1, 0.15) is 136 Å². The molecule has 0 bridgehead atoms. The van der Waals surface area contributed by atoms with Crippen LogP contribution in [0, 0.1) is 17.8 Å². The lowest BCUT2D eigenvalue weighted by molar-refractivity contribution is 0.206. The predicted octanol–water partition coefficient (Wildman–Crippen LogP) is 19.1. The monoisotopic (exact) mass is 1000 g/mol. The van der Waals surface area contributed by atoms with Crippen LogP contribution in [0.15, 0.2) is 205 Å². The van der Waals surface area contributed by atoms with Crippen molar-refractivity contribution in [3.8, 4) is 11.1 Å². The molecule has 0 saturated heterocycles. The number of benzene rings is 5. The van der Waals surface area contributed by atoms with Crippen molar-refractivity contribution >= 4 is 37.5 Å². The summed E-state index contributed by atoms with van der Waals surface area (Å²) in [5, 5.41) is 0. The van der Waals surface area contributed by atoms with Gasteiger partial charge in [0.15, 0.2) is 0 Å². The van der Waals surface area contributed by atoms with E-state index in [1.807, 2.05) is 6.08 Å². The fourth-order valence-corrected chi connectivity index (χ4v) is 16.2. The smallest absolute Gasteiger partial charge is 0.0920 e. The van der Waals surface area contributed by atoms with E-state index in [4.69, 9.17) is 4.74 Å². The van der Waals surface area contributed by atoms with E-state index in [0.717, 1.165) is 58.0 Å². The molecule has 4 heteroatoms. The first-order valence-electron chi connectivity index (χ1n) is 29.2. The van der Waals surface area contributed by atoms with E-state index in [2.05, 4.69) is 193 Å². The molecule has 12 rings (SSSR count). The van der Waals surface area contributed by atoms with Gasteiger partial charge >= 0.3 is 0 Å². The molecular weight excluding hydrogens is 925 g/mol. The van der Waals surface area contributed by atoms with Crippen LogP contribution in [0.3, 0.4) is 0 Å². The molecule has 1 heterocycles. The lowest BCUT2D eigenvalue weighted by Gasteiger charge is -2.41. The number of nitrogens with zero attached hydrogens (tertiary/aromatic N) is 2. The normalized spacial score (nSPS) is 24.1. The number of hydrogen-bond acceptors (Lipinski definition) is 3. The van der Waals surface area contributed by atoms with Gasteiger partial charge < -0.3 is 14.5 Å². The Balaban J connectivity index is 0.845. The number of rotatable bonds is 17. The molecule has 0 radical (unpaired) electrons. The second-order valence-electron chi connectivity index (χ2n) is 23.1. The number of fused-ring (bicyclic) bond motifs is 5. The van der Waals surface area contributed by atoms with Crippen LogP contribution in [0.5, 0.6) is 0 Å². The van der Waals surface area contributed by atoms with Gasteiger partial charge in [0.1, 0.15) is 0 Å². The molecule has 6 atom stereocenters. The van der Waals surface area contributed by atoms with Crippen LogP contribution in [-0.2, 0) is 10.2 Å². The van der Waals surface area contributed by atoms with Crippen molar-refractivity contribution in [2.75, 3.05) is 16.4 Å². The molecule has 0 N–H and O–H groups in total. The average Bonchev–Trinajstić information content (AvgIpc) is 4.01. The Hall–Kier alpha value is -6.36. The number of para-hydroxylation sites is 1. The van der Waals surface area contributed by atoms with Gasteiger partial charge in [0.05, 0.1) is 12.4 Å². The summed E-state index contributed by atoms with van der Waals surface area (Å²) in [6.07, 6.45) is 37.7. The molecule has 7 aliphatic rings. The average molecular weight is 1000 g/mol. The van der Waals surface area contributed by atoms with E-state index in [0.29, 0.717) is 23.7 Å². The maximum absolute atomic E-state index is 6.40. The Kier molecular flexibility index (Phi) is 14.6. The fraction of sp³-hybridized carbons (Fsp3) is 0.352. The summed E-state index contributed by atoms with van der Waals surface area (Å²) < 4.78 is 6.40. The van der Waals surface area contributed by atoms with Crippen molar-refractivity contribution in [3.63, 3.8) is 0 Å². The minimum absolute atomic E-state index is 0.0462. The minimum Gasteiger partial charge on any atom is -0.499 e. The summed E-state index contributed by atoms with van der Waals surface area (Å²) in [5.74, 6) is 3.19. The van der Waals surface area contributed by atoms with Gasteiger partial charge in [-0.25, -0.2) is 0 Å². The summed E-state index contributed by atoms with van der Waals surface area (Å²) in [6.45, 7) is 11.5. The van der Waals surface area contributed by atoms with Crippen molar-refractivity contribution in [1.82, 2.24) is 0 Å². The fourth-order valence-electron chi connectivity index (χ4n) is 14.5. The van der Waals surface area contributed by atoms with E-state index < -0.39 is 8.80 Å². The van der Waals surface area contributed by atoms with E-state index in [1.165, 1.54) is 142 Å². The summed E-state index contributed by atoms with van der Waals surface area (Å²) in [7, 11) is -0.962. The topological polar surface area (TPSA) is 15.7 Å². The molecule has 0 aromatic heterocycles. The third-order valence-electron chi connectivity index (χ3n) is 18.6. The van der Waals surface area contributed by atoms with E-state index in [-0.39, 0.29) is 5.41 Å². The van der Waals surface area contributed by atoms with Gasteiger partial charge in [0.2, 0.25) is 0 Å². The maximum Gasteiger partial charge on any atom is 0.0920 e. The van der Waals surface area contributed by atoms with Gasteiger partial charge in [-0.1, -0.05) is 153 Å². The SMILES string of the molecule is C=Cc1ccc(C2CC=C3C(C2)C2=C(CCC(c4ccc(N(C5=CCCCC5)c5ccc6c(c5)C(CCC[SiH](C)CCOC5=CCC(C=C)CC5)(C5C=CCCC5)c5ccccc5-6)cc4)=C2)N3c2ccccc2)cc1. The van der Waals surface area contributed by atoms with Crippen LogP contribution in [-0.4, -0.2) is 15.4 Å². The Morgan fingerprint density at radius 2 is 1.57 bits per heavy atom. The molecule has 1 aliphatic heterocycles. The number of anilines is 3. The predicted molar refractivity (Wildman–Crippen MR) is 321 cm³/mol. The highest BCUT2D eigenvalue weighted by molar-refractivity contribution is 6.57. The van der Waals surface area contributed by atoms with Crippen molar-refractivity contribution in [1.29, 1.82) is 0 Å². The van der Waals surface area contributed by atoms with E-state index >= 15 is 0 Å². The van der Waals surface area contributed by atoms with Gasteiger partial charge in [-0.15, -0.1) is 6.58 Å². The lowest BCUT2D eigenvalue weighted by Crippen LogP contribution is -2.35. The first-order valence-corrected chi connectivity index (χ1v) is 31.9. The Labute approximate surface area is 451 Å². The van der Waals surface area contributed by atoms with E-state index in [9.17, 15) is 0 Å². The van der Waals surface area contributed by atoms with Crippen molar-refractivity contribution in [3.05, 3.63) is 233 Å². The van der Waals surface area contributed by atoms with Crippen LogP contribution in [0.4, 0.5) is 17.1 Å². The molecule has 382 valence electrons. The summed E-state index contributed by atoms with van der Waals surface area (Å²) in [5.41, 5.74) is 21.2. The summed E-state index contributed by atoms with van der Waals surface area (Å²) in [6, 6.07) is 49.7. The first-order chi connectivity index (χ1) is 37.0. The maximum atomic E-state index is 6.40. The largest absolute Gasteiger partial charge is 0.499 e. The highest BCUT2D eigenvalue weighted by Gasteiger charge is 2.48. The van der Waals surface area contributed by atoms with Crippen molar-refractivity contribution in [2.24, 2.45) is 17.8 Å². The zero-order chi connectivity index (χ0) is 50.7. The zero-order valence-electron chi connectivity index (χ0n) is 44.7. The second kappa shape index (κ2) is 22.1. The molecule has 6 aliphatic carbocycles. The third kappa shape index (κ3) is 9.78. The van der Waals surface area contributed by atoms with Gasteiger partial charge in [-0.2, -0.15) is 0 Å². The second-order valence-corrected chi connectivity index (χ2v) is 26.4. The van der Waals surface area contributed by atoms with E-state index in [1.54, 1.807) is 11.1 Å². The van der Waals surface area contributed by atoms with Crippen LogP contribution >= 0.6 is 0 Å². The summed E-state index contributed by atoms with van der Waals surface area (Å²) in [4.78, 5) is 5.26. The molecule has 0 amide bonds. The molecule has 0 spiro atoms. The number of ether oxygens (including phenoxy) is 1. The van der Waals surface area contributed by atoms with Crippen LogP contribution in [0.2, 0.25) is 18.6 Å². The highest BCUT2D eigenvalue weighted by Crippen LogP contribution is 2.59. The van der Waals surface area contributed by atoms with Gasteiger partial charge in [-0.05, 0) is 206 Å². The molecule has 6 unspecified atom stereocenters. The van der Waals surface area contributed by atoms with Gasteiger partial charge in [0, 0.05) is 60.7 Å². The molecule has 75 heavy (non-hydrogen) atoms. The van der Waals surface area contributed by atoms with Crippen LogP contribution in [0.25, 0.3) is 22.8 Å².